The zero-order valence-electron chi connectivity index (χ0n) is 16.2. The first-order valence-corrected chi connectivity index (χ1v) is 9.41. The number of anilines is 1. The molecule has 0 saturated carbocycles. The van der Waals surface area contributed by atoms with Crippen LogP contribution in [0.25, 0.3) is 22.6 Å². The Balaban J connectivity index is 1.83. The normalized spacial score (nSPS) is 16.5. The van der Waals surface area contributed by atoms with Crippen LogP contribution in [0.1, 0.15) is 17.8 Å². The Morgan fingerprint density at radius 2 is 1.93 bits per heavy atom. The van der Waals surface area contributed by atoms with Crippen molar-refractivity contribution in [3.8, 4) is 22.6 Å². The second kappa shape index (κ2) is 7.12. The number of aromatic nitrogens is 4. The summed E-state index contributed by atoms with van der Waals surface area (Å²) in [6, 6.07) is 10.4. The highest BCUT2D eigenvalue weighted by molar-refractivity contribution is 5.77. The van der Waals surface area contributed by atoms with Crippen molar-refractivity contribution >= 4 is 5.95 Å². The molecule has 1 aromatic carbocycles. The van der Waals surface area contributed by atoms with Crippen LogP contribution in [0, 0.1) is 12.8 Å². The molecule has 4 rings (SSSR count). The molecule has 27 heavy (non-hydrogen) atoms. The van der Waals surface area contributed by atoms with Crippen molar-refractivity contribution in [2.24, 2.45) is 5.92 Å². The summed E-state index contributed by atoms with van der Waals surface area (Å²) in [7, 11) is 4.27. The zero-order chi connectivity index (χ0) is 19.0. The monoisotopic (exact) mass is 362 g/mol. The number of rotatable bonds is 4. The Kier molecular flexibility index (Phi) is 4.66. The fourth-order valence-electron chi connectivity index (χ4n) is 3.92. The van der Waals surface area contributed by atoms with Gasteiger partial charge in [-0.1, -0.05) is 29.8 Å². The van der Waals surface area contributed by atoms with Gasteiger partial charge < -0.3 is 15.2 Å². The minimum atomic E-state index is 0.291. The Morgan fingerprint density at radius 3 is 2.63 bits per heavy atom. The molecule has 1 atom stereocenters. The highest BCUT2D eigenvalue weighted by Crippen LogP contribution is 2.35. The maximum absolute atomic E-state index is 5.87. The molecule has 6 heteroatoms. The van der Waals surface area contributed by atoms with Gasteiger partial charge in [-0.15, -0.1) is 0 Å². The molecule has 2 N–H and O–H groups in total. The van der Waals surface area contributed by atoms with Crippen LogP contribution in [-0.2, 0) is 13.0 Å². The van der Waals surface area contributed by atoms with Crippen LogP contribution in [0.3, 0.4) is 0 Å². The van der Waals surface area contributed by atoms with E-state index in [1.807, 2.05) is 6.07 Å². The SMILES string of the molecule is Cc1ccc(-c2nc3n(c2-c2ccnc(N)n2)CCC(CN(C)C)C3)cc1. The molecule has 1 aliphatic heterocycles. The molecule has 0 bridgehead atoms. The van der Waals surface area contributed by atoms with Gasteiger partial charge >= 0.3 is 0 Å². The van der Waals surface area contributed by atoms with Crippen LogP contribution < -0.4 is 5.73 Å². The lowest BCUT2D eigenvalue weighted by Crippen LogP contribution is -2.29. The fraction of sp³-hybridized carbons (Fsp3) is 0.381. The molecule has 0 fully saturated rings. The Morgan fingerprint density at radius 1 is 1.15 bits per heavy atom. The third-order valence-corrected chi connectivity index (χ3v) is 5.14. The number of imidazole rings is 1. The van der Waals surface area contributed by atoms with E-state index in [2.05, 4.69) is 64.7 Å². The number of hydrogen-bond acceptors (Lipinski definition) is 5. The molecule has 3 aromatic rings. The van der Waals surface area contributed by atoms with Crippen molar-refractivity contribution in [3.63, 3.8) is 0 Å². The van der Waals surface area contributed by atoms with E-state index in [9.17, 15) is 0 Å². The van der Waals surface area contributed by atoms with E-state index >= 15 is 0 Å². The van der Waals surface area contributed by atoms with Gasteiger partial charge in [0.25, 0.3) is 0 Å². The first-order valence-electron chi connectivity index (χ1n) is 9.41. The topological polar surface area (TPSA) is 72.9 Å². The minimum Gasteiger partial charge on any atom is -0.368 e. The summed E-state index contributed by atoms with van der Waals surface area (Å²) >= 11 is 0. The van der Waals surface area contributed by atoms with Crippen LogP contribution in [0.2, 0.25) is 0 Å². The quantitative estimate of drug-likeness (QED) is 0.772. The van der Waals surface area contributed by atoms with Gasteiger partial charge in [0.05, 0.1) is 17.1 Å². The summed E-state index contributed by atoms with van der Waals surface area (Å²) in [6.45, 7) is 4.13. The second-order valence-corrected chi connectivity index (χ2v) is 7.66. The van der Waals surface area contributed by atoms with Crippen molar-refractivity contribution in [1.82, 2.24) is 24.4 Å². The maximum Gasteiger partial charge on any atom is 0.220 e. The molecule has 1 aliphatic rings. The molecule has 0 amide bonds. The molecule has 3 heterocycles. The summed E-state index contributed by atoms with van der Waals surface area (Å²) < 4.78 is 2.32. The molecule has 2 aromatic heterocycles. The van der Waals surface area contributed by atoms with Crippen molar-refractivity contribution in [2.45, 2.75) is 26.3 Å². The number of benzene rings is 1. The smallest absolute Gasteiger partial charge is 0.220 e. The molecule has 0 spiro atoms. The van der Waals surface area contributed by atoms with Crippen molar-refractivity contribution in [3.05, 3.63) is 47.9 Å². The molecule has 0 aliphatic carbocycles. The number of fused-ring (bicyclic) bond motifs is 1. The van der Waals surface area contributed by atoms with Gasteiger partial charge in [-0.25, -0.2) is 15.0 Å². The average Bonchev–Trinajstić information content (AvgIpc) is 3.00. The van der Waals surface area contributed by atoms with Gasteiger partial charge in [0.1, 0.15) is 5.82 Å². The molecule has 0 saturated heterocycles. The lowest BCUT2D eigenvalue weighted by molar-refractivity contribution is 0.278. The summed E-state index contributed by atoms with van der Waals surface area (Å²) in [4.78, 5) is 15.9. The largest absolute Gasteiger partial charge is 0.368 e. The van der Waals surface area contributed by atoms with E-state index in [0.29, 0.717) is 11.9 Å². The second-order valence-electron chi connectivity index (χ2n) is 7.66. The summed E-state index contributed by atoms with van der Waals surface area (Å²) in [5.74, 6) is 2.05. The minimum absolute atomic E-state index is 0.291. The number of aryl methyl sites for hydroxylation is 1. The molecule has 1 unspecified atom stereocenters. The molecule has 6 nitrogen and oxygen atoms in total. The van der Waals surface area contributed by atoms with Gasteiger partial charge in [0.2, 0.25) is 5.95 Å². The number of nitrogens with two attached hydrogens (primary N) is 1. The number of hydrogen-bond donors (Lipinski definition) is 1. The van der Waals surface area contributed by atoms with Crippen LogP contribution >= 0.6 is 0 Å². The zero-order valence-corrected chi connectivity index (χ0v) is 16.2. The third kappa shape index (κ3) is 3.57. The number of nitrogens with zero attached hydrogens (tertiary/aromatic N) is 5. The van der Waals surface area contributed by atoms with Gasteiger partial charge in [-0.3, -0.25) is 0 Å². The van der Waals surface area contributed by atoms with Crippen molar-refractivity contribution < 1.29 is 0 Å². The van der Waals surface area contributed by atoms with Gasteiger partial charge in [-0.05, 0) is 39.4 Å². The highest BCUT2D eigenvalue weighted by atomic mass is 15.1. The van der Waals surface area contributed by atoms with Crippen LogP contribution in [0.15, 0.2) is 36.5 Å². The highest BCUT2D eigenvalue weighted by Gasteiger charge is 2.27. The summed E-state index contributed by atoms with van der Waals surface area (Å²) in [5, 5.41) is 0. The predicted molar refractivity (Wildman–Crippen MR) is 108 cm³/mol. The van der Waals surface area contributed by atoms with E-state index in [1.165, 1.54) is 5.56 Å². The Hall–Kier alpha value is -2.73. The average molecular weight is 362 g/mol. The lowest BCUT2D eigenvalue weighted by Gasteiger charge is -2.26. The first-order chi connectivity index (χ1) is 13.0. The first kappa shape index (κ1) is 17.7. The fourth-order valence-corrected chi connectivity index (χ4v) is 3.92. The molecule has 0 radical (unpaired) electrons. The summed E-state index contributed by atoms with van der Waals surface area (Å²) in [6.07, 6.45) is 3.84. The van der Waals surface area contributed by atoms with Crippen LogP contribution in [-0.4, -0.2) is 45.1 Å². The van der Waals surface area contributed by atoms with Crippen LogP contribution in [0.5, 0.6) is 0 Å². The standard InChI is InChI=1S/C21H26N6/c1-14-4-6-16(7-5-14)19-20(17-8-10-23-21(22)24-17)27-11-9-15(13-26(2)3)12-18(27)25-19/h4-8,10,15H,9,11-13H2,1-3H3,(H2,22,23,24). The lowest BCUT2D eigenvalue weighted by atomic mass is 9.97. The van der Waals surface area contributed by atoms with E-state index in [0.717, 1.165) is 54.4 Å². The molecular formula is C21H26N6. The maximum atomic E-state index is 5.87. The number of nitrogen functional groups attached to an aromatic ring is 1. The van der Waals surface area contributed by atoms with Crippen molar-refractivity contribution in [1.29, 1.82) is 0 Å². The molecular weight excluding hydrogens is 336 g/mol. The Bertz CT molecular complexity index is 942. The summed E-state index contributed by atoms with van der Waals surface area (Å²) in [5.41, 5.74) is 11.1. The van der Waals surface area contributed by atoms with Crippen molar-refractivity contribution in [2.75, 3.05) is 26.4 Å². The van der Waals surface area contributed by atoms with Gasteiger partial charge in [0, 0.05) is 31.3 Å². The van der Waals surface area contributed by atoms with E-state index in [4.69, 9.17) is 10.7 Å². The van der Waals surface area contributed by atoms with Crippen LogP contribution in [0.4, 0.5) is 5.95 Å². The van der Waals surface area contributed by atoms with E-state index in [1.54, 1.807) is 6.20 Å². The third-order valence-electron chi connectivity index (χ3n) is 5.14. The molecule has 140 valence electrons. The van der Waals surface area contributed by atoms with E-state index < -0.39 is 0 Å². The Labute approximate surface area is 160 Å². The van der Waals surface area contributed by atoms with Gasteiger partial charge in [0.15, 0.2) is 0 Å². The van der Waals surface area contributed by atoms with E-state index in [-0.39, 0.29) is 0 Å². The van der Waals surface area contributed by atoms with Gasteiger partial charge in [-0.2, -0.15) is 0 Å². The predicted octanol–water partition coefficient (Wildman–Crippen LogP) is 3.02.